The zero-order valence-corrected chi connectivity index (χ0v) is 11.3. The minimum absolute atomic E-state index is 0.00252. The summed E-state index contributed by atoms with van der Waals surface area (Å²) in [5.74, 6) is -1.66. The highest BCUT2D eigenvalue weighted by molar-refractivity contribution is 6.06. The molecule has 0 radical (unpaired) electrons. The number of amides is 1. The first-order chi connectivity index (χ1) is 9.97. The van der Waals surface area contributed by atoms with Crippen LogP contribution in [0.3, 0.4) is 0 Å². The van der Waals surface area contributed by atoms with Gasteiger partial charge in [0.15, 0.2) is 5.69 Å². The number of benzene rings is 1. The number of hydrogen-bond acceptors (Lipinski definition) is 3. The molecule has 0 atom stereocenters. The normalized spacial score (nSPS) is 14.2. The van der Waals surface area contributed by atoms with E-state index in [4.69, 9.17) is 5.73 Å². The molecular weight excluding hydrogens is 278 g/mol. The Bertz CT molecular complexity index is 722. The van der Waals surface area contributed by atoms with Crippen molar-refractivity contribution in [2.24, 2.45) is 0 Å². The van der Waals surface area contributed by atoms with Crippen molar-refractivity contribution in [1.29, 1.82) is 0 Å². The molecule has 1 heterocycles. The van der Waals surface area contributed by atoms with Gasteiger partial charge < -0.3 is 11.1 Å². The van der Waals surface area contributed by atoms with Crippen LogP contribution in [-0.4, -0.2) is 16.1 Å². The number of rotatable bonds is 3. The summed E-state index contributed by atoms with van der Waals surface area (Å²) < 4.78 is 27.2. The molecule has 0 saturated heterocycles. The molecule has 3 rings (SSSR count). The van der Waals surface area contributed by atoms with Gasteiger partial charge in [0.05, 0.1) is 17.1 Å². The molecule has 1 aromatic carbocycles. The summed E-state index contributed by atoms with van der Waals surface area (Å²) >= 11 is 0. The second kappa shape index (κ2) is 4.83. The summed E-state index contributed by atoms with van der Waals surface area (Å²) in [6.45, 7) is 1.44. The van der Waals surface area contributed by atoms with Crippen LogP contribution in [0, 0.1) is 18.6 Å². The molecule has 1 aliphatic rings. The third-order valence-electron chi connectivity index (χ3n) is 3.53. The van der Waals surface area contributed by atoms with Gasteiger partial charge in [-0.05, 0) is 31.4 Å². The second-order valence-corrected chi connectivity index (χ2v) is 5.21. The Balaban J connectivity index is 1.85. The van der Waals surface area contributed by atoms with Crippen molar-refractivity contribution in [2.45, 2.75) is 25.7 Å². The van der Waals surface area contributed by atoms with Crippen molar-refractivity contribution in [1.82, 2.24) is 10.2 Å². The van der Waals surface area contributed by atoms with Gasteiger partial charge in [0.25, 0.3) is 5.91 Å². The summed E-state index contributed by atoms with van der Waals surface area (Å²) in [4.78, 5) is 12.1. The number of nitrogens with two attached hydrogens (primary N) is 1. The van der Waals surface area contributed by atoms with Crippen molar-refractivity contribution in [3.05, 3.63) is 40.7 Å². The topological polar surface area (TPSA) is 83.8 Å². The Kier molecular flexibility index (Phi) is 3.12. The molecule has 5 nitrogen and oxygen atoms in total. The van der Waals surface area contributed by atoms with Gasteiger partial charge in [-0.3, -0.25) is 9.89 Å². The predicted octanol–water partition coefficient (Wildman–Crippen LogP) is 2.71. The summed E-state index contributed by atoms with van der Waals surface area (Å²) in [7, 11) is 0. The first-order valence-electron chi connectivity index (χ1n) is 6.58. The summed E-state index contributed by atoms with van der Waals surface area (Å²) in [5, 5.41) is 8.89. The van der Waals surface area contributed by atoms with Crippen molar-refractivity contribution in [2.75, 3.05) is 11.1 Å². The van der Waals surface area contributed by atoms with Gasteiger partial charge in [-0.2, -0.15) is 5.10 Å². The number of aryl methyl sites for hydroxylation is 1. The van der Waals surface area contributed by atoms with E-state index in [1.165, 1.54) is 6.92 Å². The average molecular weight is 292 g/mol. The maximum absolute atomic E-state index is 13.7. The molecule has 4 N–H and O–H groups in total. The number of aromatic nitrogens is 2. The maximum Gasteiger partial charge on any atom is 0.278 e. The van der Waals surface area contributed by atoms with Crippen LogP contribution >= 0.6 is 0 Å². The molecule has 2 aromatic rings. The Morgan fingerprint density at radius 2 is 2.10 bits per heavy atom. The van der Waals surface area contributed by atoms with Crippen LogP contribution in [-0.2, 0) is 0 Å². The number of nitrogen functional groups attached to an aromatic ring is 1. The lowest BCUT2D eigenvalue weighted by Gasteiger charge is -2.07. The zero-order valence-electron chi connectivity index (χ0n) is 11.3. The molecule has 1 saturated carbocycles. The van der Waals surface area contributed by atoms with Gasteiger partial charge in [-0.25, -0.2) is 8.78 Å². The minimum Gasteiger partial charge on any atom is -0.395 e. The minimum atomic E-state index is -0.709. The molecule has 21 heavy (non-hydrogen) atoms. The van der Waals surface area contributed by atoms with E-state index in [2.05, 4.69) is 15.5 Å². The maximum atomic E-state index is 13.7. The Labute approximate surface area is 119 Å². The van der Waals surface area contributed by atoms with Crippen LogP contribution in [0.25, 0.3) is 0 Å². The molecule has 1 aliphatic carbocycles. The first kappa shape index (κ1) is 13.5. The number of hydrogen-bond donors (Lipinski definition) is 3. The highest BCUT2D eigenvalue weighted by Crippen LogP contribution is 2.42. The number of anilines is 2. The largest absolute Gasteiger partial charge is 0.395 e. The van der Waals surface area contributed by atoms with Crippen LogP contribution in [0.15, 0.2) is 12.1 Å². The lowest BCUT2D eigenvalue weighted by atomic mass is 10.2. The first-order valence-corrected chi connectivity index (χ1v) is 6.58. The van der Waals surface area contributed by atoms with Crippen molar-refractivity contribution in [3.8, 4) is 0 Å². The van der Waals surface area contributed by atoms with Gasteiger partial charge in [0.1, 0.15) is 11.6 Å². The van der Waals surface area contributed by atoms with E-state index >= 15 is 0 Å². The fraction of sp³-hybridized carbons (Fsp3) is 0.286. The average Bonchev–Trinajstić information content (AvgIpc) is 3.19. The summed E-state index contributed by atoms with van der Waals surface area (Å²) in [5.41, 5.74) is 6.79. The van der Waals surface area contributed by atoms with Gasteiger partial charge >= 0.3 is 0 Å². The third-order valence-corrected chi connectivity index (χ3v) is 3.53. The molecule has 110 valence electrons. The molecule has 0 aliphatic heterocycles. The molecule has 0 unspecified atom stereocenters. The van der Waals surface area contributed by atoms with Crippen molar-refractivity contribution in [3.63, 3.8) is 0 Å². The van der Waals surface area contributed by atoms with E-state index in [0.717, 1.165) is 30.7 Å². The van der Waals surface area contributed by atoms with Crippen LogP contribution in [0.5, 0.6) is 0 Å². The molecule has 1 fully saturated rings. The number of carbonyl (C=O) groups is 1. The van der Waals surface area contributed by atoms with Crippen molar-refractivity contribution < 1.29 is 13.6 Å². The monoisotopic (exact) mass is 292 g/mol. The van der Waals surface area contributed by atoms with Gasteiger partial charge in [-0.1, -0.05) is 0 Å². The lowest BCUT2D eigenvalue weighted by molar-refractivity contribution is 0.102. The predicted molar refractivity (Wildman–Crippen MR) is 74.0 cm³/mol. The highest BCUT2D eigenvalue weighted by atomic mass is 19.1. The molecule has 7 heteroatoms. The Morgan fingerprint density at radius 3 is 2.76 bits per heavy atom. The molecule has 0 spiro atoms. The fourth-order valence-corrected chi connectivity index (χ4v) is 2.14. The van der Waals surface area contributed by atoms with E-state index in [1.54, 1.807) is 0 Å². The van der Waals surface area contributed by atoms with Crippen LogP contribution in [0.2, 0.25) is 0 Å². The number of H-pyrrole nitrogens is 1. The number of nitrogens with zero attached hydrogens (tertiary/aromatic N) is 1. The highest BCUT2D eigenvalue weighted by Gasteiger charge is 2.30. The SMILES string of the molecule is Cc1cc(F)c(NC(=O)c2n[nH]c(C3CC3)c2N)cc1F. The lowest BCUT2D eigenvalue weighted by Crippen LogP contribution is -2.15. The second-order valence-electron chi connectivity index (χ2n) is 5.21. The van der Waals surface area contributed by atoms with Crippen LogP contribution < -0.4 is 11.1 Å². The Morgan fingerprint density at radius 1 is 1.38 bits per heavy atom. The van der Waals surface area contributed by atoms with Gasteiger partial charge in [0.2, 0.25) is 0 Å². The van der Waals surface area contributed by atoms with E-state index in [0.29, 0.717) is 5.92 Å². The molecule has 1 amide bonds. The molecule has 0 bridgehead atoms. The Hall–Kier alpha value is -2.44. The number of nitrogens with one attached hydrogen (secondary N) is 2. The standard InChI is InChI=1S/C14H14F2N4O/c1-6-4-9(16)10(5-8(6)15)18-14(21)13-11(17)12(19-20-13)7-2-3-7/h4-5,7H,2-3,17H2,1H3,(H,18,21)(H,19,20). The van der Waals surface area contributed by atoms with Gasteiger partial charge in [-0.15, -0.1) is 0 Å². The van der Waals surface area contributed by atoms with E-state index in [9.17, 15) is 13.6 Å². The summed E-state index contributed by atoms with van der Waals surface area (Å²) in [6, 6.07) is 1.96. The fourth-order valence-electron chi connectivity index (χ4n) is 2.14. The van der Waals surface area contributed by atoms with Crippen LogP contribution in [0.1, 0.15) is 40.5 Å². The molecular formula is C14H14F2N4O. The summed E-state index contributed by atoms with van der Waals surface area (Å²) in [6.07, 6.45) is 2.01. The van der Waals surface area contributed by atoms with Gasteiger partial charge in [0, 0.05) is 12.0 Å². The number of carbonyl (C=O) groups excluding carboxylic acids is 1. The molecule has 1 aromatic heterocycles. The zero-order chi connectivity index (χ0) is 15.1. The third kappa shape index (κ3) is 2.46. The van der Waals surface area contributed by atoms with E-state index in [-0.39, 0.29) is 22.6 Å². The van der Waals surface area contributed by atoms with Crippen LogP contribution in [0.4, 0.5) is 20.2 Å². The van der Waals surface area contributed by atoms with E-state index < -0.39 is 17.5 Å². The number of halogens is 2. The van der Waals surface area contributed by atoms with Crippen molar-refractivity contribution >= 4 is 17.3 Å². The van der Waals surface area contributed by atoms with E-state index in [1.807, 2.05) is 0 Å². The smallest absolute Gasteiger partial charge is 0.278 e. The quantitative estimate of drug-likeness (QED) is 0.813. The number of aromatic amines is 1.